The smallest absolute Gasteiger partial charge is 0.136 e. The minimum Gasteiger partial charge on any atom is -0.299 e. The zero-order valence-corrected chi connectivity index (χ0v) is 8.92. The lowest BCUT2D eigenvalue weighted by molar-refractivity contribution is -0.120. The second kappa shape index (κ2) is 4.13. The number of rotatable bonds is 4. The maximum Gasteiger partial charge on any atom is 0.136 e. The molecule has 0 N–H and O–H groups in total. The van der Waals surface area contributed by atoms with E-state index in [9.17, 15) is 9.18 Å². The van der Waals surface area contributed by atoms with Crippen molar-refractivity contribution < 1.29 is 9.18 Å². The molecule has 0 aliphatic heterocycles. The number of aryl methyl sites for hydroxylation is 2. The van der Waals surface area contributed by atoms with Gasteiger partial charge in [0, 0.05) is 12.3 Å². The summed E-state index contributed by atoms with van der Waals surface area (Å²) in [5.74, 6) is 0.401. The number of ketones is 1. The van der Waals surface area contributed by atoms with Crippen molar-refractivity contribution in [3.8, 4) is 0 Å². The van der Waals surface area contributed by atoms with E-state index < -0.39 is 0 Å². The fraction of sp³-hybridized carbons (Fsp3) is 0.462. The second-order valence-corrected chi connectivity index (χ2v) is 4.34. The third-order valence-electron chi connectivity index (χ3n) is 2.87. The summed E-state index contributed by atoms with van der Waals surface area (Å²) >= 11 is 0. The molecule has 0 unspecified atom stereocenters. The van der Waals surface area contributed by atoms with Crippen LogP contribution >= 0.6 is 0 Å². The molecule has 2 rings (SSSR count). The Bertz CT molecular complexity index is 380. The summed E-state index contributed by atoms with van der Waals surface area (Å²) in [6.07, 6.45) is 3.11. The molecule has 0 spiro atoms. The first kappa shape index (κ1) is 10.3. The van der Waals surface area contributed by atoms with Gasteiger partial charge in [-0.2, -0.15) is 0 Å². The van der Waals surface area contributed by atoms with Crippen molar-refractivity contribution in [2.45, 2.75) is 32.6 Å². The van der Waals surface area contributed by atoms with Gasteiger partial charge in [0.25, 0.3) is 0 Å². The van der Waals surface area contributed by atoms with Gasteiger partial charge in [0.2, 0.25) is 0 Å². The quantitative estimate of drug-likeness (QED) is 0.740. The van der Waals surface area contributed by atoms with Crippen LogP contribution in [0.15, 0.2) is 18.2 Å². The van der Waals surface area contributed by atoms with Crippen molar-refractivity contribution in [2.24, 2.45) is 5.92 Å². The number of benzene rings is 1. The molecule has 1 fully saturated rings. The number of hydrogen-bond acceptors (Lipinski definition) is 1. The van der Waals surface area contributed by atoms with E-state index in [-0.39, 0.29) is 11.7 Å². The molecule has 15 heavy (non-hydrogen) atoms. The molecule has 0 aromatic heterocycles. The van der Waals surface area contributed by atoms with Gasteiger partial charge in [0.15, 0.2) is 0 Å². The molecule has 1 saturated carbocycles. The molecular formula is C13H15FO. The maximum absolute atomic E-state index is 13.3. The van der Waals surface area contributed by atoms with Crippen molar-refractivity contribution in [2.75, 3.05) is 0 Å². The monoisotopic (exact) mass is 206 g/mol. The average molecular weight is 206 g/mol. The zero-order valence-electron chi connectivity index (χ0n) is 8.92. The number of carbonyl (C=O) groups excluding carboxylic acids is 1. The Morgan fingerprint density at radius 2 is 2.20 bits per heavy atom. The summed E-state index contributed by atoms with van der Waals surface area (Å²) in [4.78, 5) is 11.5. The standard InChI is InChI=1S/C13H15FO/c1-9-2-6-12(14)11(8-9)5-7-13(15)10-3-4-10/h2,6,8,10H,3-5,7H2,1H3. The molecular weight excluding hydrogens is 191 g/mol. The summed E-state index contributed by atoms with van der Waals surface area (Å²) < 4.78 is 13.3. The van der Waals surface area contributed by atoms with Crippen molar-refractivity contribution in [1.82, 2.24) is 0 Å². The van der Waals surface area contributed by atoms with Crippen LogP contribution in [-0.4, -0.2) is 5.78 Å². The van der Waals surface area contributed by atoms with Crippen LogP contribution in [0, 0.1) is 18.7 Å². The van der Waals surface area contributed by atoms with E-state index in [0.717, 1.165) is 18.4 Å². The highest BCUT2D eigenvalue weighted by Crippen LogP contribution is 2.31. The van der Waals surface area contributed by atoms with E-state index in [1.54, 1.807) is 6.07 Å². The van der Waals surface area contributed by atoms with Gasteiger partial charge in [0.05, 0.1) is 0 Å². The van der Waals surface area contributed by atoms with E-state index in [0.29, 0.717) is 24.2 Å². The SMILES string of the molecule is Cc1ccc(F)c(CCC(=O)C2CC2)c1. The first-order valence-corrected chi connectivity index (χ1v) is 5.44. The largest absolute Gasteiger partial charge is 0.299 e. The topological polar surface area (TPSA) is 17.1 Å². The molecule has 1 aromatic carbocycles. The van der Waals surface area contributed by atoms with Gasteiger partial charge in [-0.1, -0.05) is 17.7 Å². The molecule has 80 valence electrons. The fourth-order valence-corrected chi connectivity index (χ4v) is 1.76. The Morgan fingerprint density at radius 1 is 1.47 bits per heavy atom. The maximum atomic E-state index is 13.3. The van der Waals surface area contributed by atoms with Crippen LogP contribution < -0.4 is 0 Å². The van der Waals surface area contributed by atoms with Crippen molar-refractivity contribution in [1.29, 1.82) is 0 Å². The second-order valence-electron chi connectivity index (χ2n) is 4.34. The molecule has 1 aromatic rings. The first-order chi connectivity index (χ1) is 7.16. The third kappa shape index (κ3) is 2.65. The normalized spacial score (nSPS) is 15.3. The van der Waals surface area contributed by atoms with Crippen molar-refractivity contribution >= 4 is 5.78 Å². The molecule has 1 aliphatic rings. The van der Waals surface area contributed by atoms with Crippen LogP contribution in [0.3, 0.4) is 0 Å². The summed E-state index contributed by atoms with van der Waals surface area (Å²) in [6.45, 7) is 1.94. The molecule has 0 heterocycles. The summed E-state index contributed by atoms with van der Waals surface area (Å²) in [5, 5.41) is 0. The number of hydrogen-bond donors (Lipinski definition) is 0. The van der Waals surface area contributed by atoms with E-state index >= 15 is 0 Å². The molecule has 0 amide bonds. The van der Waals surface area contributed by atoms with Crippen LogP contribution in [0.4, 0.5) is 4.39 Å². The highest BCUT2D eigenvalue weighted by molar-refractivity contribution is 5.83. The van der Waals surface area contributed by atoms with Gasteiger partial charge in [-0.25, -0.2) is 4.39 Å². The highest BCUT2D eigenvalue weighted by atomic mass is 19.1. The average Bonchev–Trinajstić information content (AvgIpc) is 3.02. The van der Waals surface area contributed by atoms with E-state index in [1.807, 2.05) is 13.0 Å². The van der Waals surface area contributed by atoms with Crippen LogP contribution in [-0.2, 0) is 11.2 Å². The number of Topliss-reactive ketones (excluding diaryl/α,β-unsaturated/α-hetero) is 1. The minimum absolute atomic E-state index is 0.191. The summed E-state index contributed by atoms with van der Waals surface area (Å²) in [6, 6.07) is 5.06. The molecule has 1 aliphatic carbocycles. The van der Waals surface area contributed by atoms with Gasteiger partial charge in [-0.15, -0.1) is 0 Å². The lowest BCUT2D eigenvalue weighted by Crippen LogP contribution is -2.03. The highest BCUT2D eigenvalue weighted by Gasteiger charge is 2.28. The van der Waals surface area contributed by atoms with Crippen LogP contribution in [0.25, 0.3) is 0 Å². The van der Waals surface area contributed by atoms with Crippen molar-refractivity contribution in [3.05, 3.63) is 35.1 Å². The third-order valence-corrected chi connectivity index (χ3v) is 2.87. The Kier molecular flexibility index (Phi) is 2.85. The van der Waals surface area contributed by atoms with Crippen LogP contribution in [0.1, 0.15) is 30.4 Å². The predicted octanol–water partition coefficient (Wildman–Crippen LogP) is 3.05. The molecule has 0 radical (unpaired) electrons. The van der Waals surface area contributed by atoms with E-state index in [4.69, 9.17) is 0 Å². The van der Waals surface area contributed by atoms with Crippen molar-refractivity contribution in [3.63, 3.8) is 0 Å². The zero-order chi connectivity index (χ0) is 10.8. The Morgan fingerprint density at radius 3 is 2.87 bits per heavy atom. The Labute approximate surface area is 89.3 Å². The van der Waals surface area contributed by atoms with Crippen LogP contribution in [0.2, 0.25) is 0 Å². The van der Waals surface area contributed by atoms with Gasteiger partial charge in [-0.3, -0.25) is 4.79 Å². The predicted molar refractivity (Wildman–Crippen MR) is 57.2 cm³/mol. The lowest BCUT2D eigenvalue weighted by atomic mass is 10.0. The molecule has 0 saturated heterocycles. The molecule has 0 bridgehead atoms. The first-order valence-electron chi connectivity index (χ1n) is 5.44. The minimum atomic E-state index is -0.191. The fourth-order valence-electron chi connectivity index (χ4n) is 1.76. The summed E-state index contributed by atoms with van der Waals surface area (Å²) in [7, 11) is 0. The van der Waals surface area contributed by atoms with Crippen LogP contribution in [0.5, 0.6) is 0 Å². The molecule has 0 atom stereocenters. The van der Waals surface area contributed by atoms with Gasteiger partial charge < -0.3 is 0 Å². The molecule has 1 nitrogen and oxygen atoms in total. The Balaban J connectivity index is 1.97. The molecule has 2 heteroatoms. The lowest BCUT2D eigenvalue weighted by Gasteiger charge is -2.03. The number of carbonyl (C=O) groups is 1. The van der Waals surface area contributed by atoms with Gasteiger partial charge in [0.1, 0.15) is 11.6 Å². The summed E-state index contributed by atoms with van der Waals surface area (Å²) in [5.41, 5.74) is 1.72. The Hall–Kier alpha value is -1.18. The van der Waals surface area contributed by atoms with E-state index in [1.165, 1.54) is 6.07 Å². The van der Waals surface area contributed by atoms with Gasteiger partial charge >= 0.3 is 0 Å². The van der Waals surface area contributed by atoms with Gasteiger partial charge in [-0.05, 0) is 37.8 Å². The number of halogens is 1. The van der Waals surface area contributed by atoms with E-state index in [2.05, 4.69) is 0 Å².